The van der Waals surface area contributed by atoms with Crippen molar-refractivity contribution in [3.63, 3.8) is 0 Å². The van der Waals surface area contributed by atoms with E-state index in [9.17, 15) is 4.79 Å². The lowest BCUT2D eigenvalue weighted by atomic mass is 9.90. The summed E-state index contributed by atoms with van der Waals surface area (Å²) in [5.74, 6) is 1.42. The summed E-state index contributed by atoms with van der Waals surface area (Å²) in [7, 11) is 0. The number of carbonyl (C=O) groups excluding carboxylic acids is 1. The van der Waals surface area contributed by atoms with Gasteiger partial charge in [0.2, 0.25) is 5.91 Å². The Balaban J connectivity index is 2.08. The first-order valence-corrected chi connectivity index (χ1v) is 7.09. The molecule has 1 heterocycles. The van der Waals surface area contributed by atoms with Gasteiger partial charge in [-0.15, -0.1) is 0 Å². The van der Waals surface area contributed by atoms with E-state index in [1.54, 1.807) is 0 Å². The molecule has 0 bridgehead atoms. The second-order valence-corrected chi connectivity index (χ2v) is 6.37. The molecule has 1 N–H and O–H groups in total. The molecule has 1 aliphatic carbocycles. The predicted molar refractivity (Wildman–Crippen MR) is 69.5 cm³/mol. The molecule has 1 saturated carbocycles. The monoisotopic (exact) mass is 238 g/mol. The van der Waals surface area contributed by atoms with Crippen LogP contribution in [0, 0.1) is 11.8 Å². The zero-order valence-corrected chi connectivity index (χ0v) is 11.6. The van der Waals surface area contributed by atoms with Crippen LogP contribution >= 0.6 is 0 Å². The molecule has 2 aliphatic rings. The fourth-order valence-corrected chi connectivity index (χ4v) is 2.90. The van der Waals surface area contributed by atoms with Crippen molar-refractivity contribution in [2.24, 2.45) is 11.8 Å². The third-order valence-electron chi connectivity index (χ3n) is 4.03. The van der Waals surface area contributed by atoms with Crippen LogP contribution in [0.3, 0.4) is 0 Å². The molecular weight excluding hydrogens is 212 g/mol. The fourth-order valence-electron chi connectivity index (χ4n) is 2.90. The van der Waals surface area contributed by atoms with Gasteiger partial charge in [0.25, 0.3) is 0 Å². The Labute approximate surface area is 105 Å². The Bertz CT molecular complexity index is 284. The van der Waals surface area contributed by atoms with Gasteiger partial charge in [-0.05, 0) is 37.5 Å². The van der Waals surface area contributed by atoms with E-state index in [1.165, 1.54) is 19.3 Å². The molecule has 17 heavy (non-hydrogen) atoms. The van der Waals surface area contributed by atoms with E-state index in [0.717, 1.165) is 6.42 Å². The molecule has 0 spiro atoms. The smallest absolute Gasteiger partial charge is 0.241 e. The standard InChI is InChI=1S/C14H26N2O/c1-9(2)8-12-14(17)16(11-6-5-7-11)13(15-12)10(3)4/h9-13,15H,5-8H2,1-4H3. The Kier molecular flexibility index (Phi) is 3.76. The molecule has 2 unspecified atom stereocenters. The van der Waals surface area contributed by atoms with E-state index >= 15 is 0 Å². The van der Waals surface area contributed by atoms with Crippen LogP contribution in [0.5, 0.6) is 0 Å². The van der Waals surface area contributed by atoms with E-state index in [0.29, 0.717) is 23.8 Å². The molecule has 3 nitrogen and oxygen atoms in total. The molecule has 3 heteroatoms. The van der Waals surface area contributed by atoms with Gasteiger partial charge in [-0.1, -0.05) is 27.7 Å². The van der Waals surface area contributed by atoms with E-state index in [4.69, 9.17) is 0 Å². The Morgan fingerprint density at radius 3 is 2.35 bits per heavy atom. The van der Waals surface area contributed by atoms with Crippen molar-refractivity contribution in [1.82, 2.24) is 10.2 Å². The van der Waals surface area contributed by atoms with Crippen molar-refractivity contribution < 1.29 is 4.79 Å². The van der Waals surface area contributed by atoms with E-state index in [2.05, 4.69) is 37.9 Å². The van der Waals surface area contributed by atoms with Crippen LogP contribution in [0.4, 0.5) is 0 Å². The minimum Gasteiger partial charge on any atom is -0.323 e. The highest BCUT2D eigenvalue weighted by atomic mass is 16.2. The average molecular weight is 238 g/mol. The minimum absolute atomic E-state index is 0.0583. The summed E-state index contributed by atoms with van der Waals surface area (Å²) in [6.07, 6.45) is 4.91. The highest BCUT2D eigenvalue weighted by Crippen LogP contribution is 2.32. The molecule has 0 radical (unpaired) electrons. The van der Waals surface area contributed by atoms with E-state index < -0.39 is 0 Å². The molecule has 98 valence electrons. The van der Waals surface area contributed by atoms with Crippen molar-refractivity contribution >= 4 is 5.91 Å². The highest BCUT2D eigenvalue weighted by molar-refractivity contribution is 5.84. The van der Waals surface area contributed by atoms with Gasteiger partial charge in [0.1, 0.15) is 0 Å². The van der Waals surface area contributed by atoms with Gasteiger partial charge in [0.05, 0.1) is 12.2 Å². The first-order chi connectivity index (χ1) is 8.00. The van der Waals surface area contributed by atoms with Crippen LogP contribution in [-0.4, -0.2) is 29.1 Å². The average Bonchev–Trinajstić information content (AvgIpc) is 2.43. The number of nitrogens with one attached hydrogen (secondary N) is 1. The Morgan fingerprint density at radius 2 is 1.94 bits per heavy atom. The number of amides is 1. The highest BCUT2D eigenvalue weighted by Gasteiger charge is 2.44. The van der Waals surface area contributed by atoms with Crippen molar-refractivity contribution in [2.45, 2.75) is 71.6 Å². The zero-order valence-electron chi connectivity index (χ0n) is 11.6. The molecule has 0 aromatic heterocycles. The van der Waals surface area contributed by atoms with Crippen LogP contribution in [-0.2, 0) is 4.79 Å². The number of nitrogens with zero attached hydrogens (tertiary/aromatic N) is 1. The number of hydrogen-bond acceptors (Lipinski definition) is 2. The normalized spacial score (nSPS) is 30.5. The quantitative estimate of drug-likeness (QED) is 0.815. The summed E-state index contributed by atoms with van der Waals surface area (Å²) >= 11 is 0. The second kappa shape index (κ2) is 4.97. The molecule has 1 saturated heterocycles. The first kappa shape index (κ1) is 12.9. The Morgan fingerprint density at radius 1 is 1.29 bits per heavy atom. The van der Waals surface area contributed by atoms with Crippen molar-refractivity contribution in [3.05, 3.63) is 0 Å². The van der Waals surface area contributed by atoms with Crippen LogP contribution in [0.15, 0.2) is 0 Å². The summed E-state index contributed by atoms with van der Waals surface area (Å²) in [5, 5.41) is 3.55. The first-order valence-electron chi connectivity index (χ1n) is 7.09. The molecule has 0 aromatic carbocycles. The van der Waals surface area contributed by atoms with Crippen molar-refractivity contribution in [1.29, 1.82) is 0 Å². The summed E-state index contributed by atoms with van der Waals surface area (Å²) in [4.78, 5) is 14.6. The number of hydrogen-bond donors (Lipinski definition) is 1. The van der Waals surface area contributed by atoms with E-state index in [-0.39, 0.29) is 12.2 Å². The van der Waals surface area contributed by atoms with Crippen molar-refractivity contribution in [2.75, 3.05) is 0 Å². The molecule has 2 atom stereocenters. The number of rotatable bonds is 4. The van der Waals surface area contributed by atoms with Gasteiger partial charge in [0.15, 0.2) is 0 Å². The lowest BCUT2D eigenvalue weighted by Gasteiger charge is -2.39. The van der Waals surface area contributed by atoms with Gasteiger partial charge in [-0.2, -0.15) is 0 Å². The van der Waals surface area contributed by atoms with Gasteiger partial charge < -0.3 is 4.90 Å². The van der Waals surface area contributed by atoms with Gasteiger partial charge in [-0.25, -0.2) is 0 Å². The molecule has 2 fully saturated rings. The summed E-state index contributed by atoms with van der Waals surface area (Å²) < 4.78 is 0. The van der Waals surface area contributed by atoms with Crippen LogP contribution in [0.1, 0.15) is 53.4 Å². The lowest BCUT2D eigenvalue weighted by molar-refractivity contribution is -0.134. The summed E-state index contributed by atoms with van der Waals surface area (Å²) in [6, 6.07) is 0.572. The third-order valence-corrected chi connectivity index (χ3v) is 4.03. The van der Waals surface area contributed by atoms with Crippen LogP contribution in [0.2, 0.25) is 0 Å². The molecule has 2 rings (SSSR count). The maximum atomic E-state index is 12.5. The molecule has 1 amide bonds. The maximum Gasteiger partial charge on any atom is 0.241 e. The van der Waals surface area contributed by atoms with Gasteiger partial charge in [-0.3, -0.25) is 10.1 Å². The molecule has 0 aromatic rings. The van der Waals surface area contributed by atoms with Crippen LogP contribution < -0.4 is 5.32 Å². The Hall–Kier alpha value is -0.570. The minimum atomic E-state index is 0.0583. The summed E-state index contributed by atoms with van der Waals surface area (Å²) in [5.41, 5.74) is 0. The SMILES string of the molecule is CC(C)CC1NC(C(C)C)N(C2CCC2)C1=O. The number of carbonyl (C=O) groups is 1. The van der Waals surface area contributed by atoms with Crippen molar-refractivity contribution in [3.8, 4) is 0 Å². The third kappa shape index (κ3) is 2.49. The van der Waals surface area contributed by atoms with Crippen LogP contribution in [0.25, 0.3) is 0 Å². The molecular formula is C14H26N2O. The maximum absolute atomic E-state index is 12.5. The fraction of sp³-hybridized carbons (Fsp3) is 0.929. The largest absolute Gasteiger partial charge is 0.323 e. The zero-order chi connectivity index (χ0) is 12.6. The predicted octanol–water partition coefficient (Wildman–Crippen LogP) is 2.37. The second-order valence-electron chi connectivity index (χ2n) is 6.37. The summed E-state index contributed by atoms with van der Waals surface area (Å²) in [6.45, 7) is 8.78. The van der Waals surface area contributed by atoms with E-state index in [1.807, 2.05) is 0 Å². The lowest BCUT2D eigenvalue weighted by Crippen LogP contribution is -2.50. The molecule has 1 aliphatic heterocycles. The van der Waals surface area contributed by atoms with Gasteiger partial charge >= 0.3 is 0 Å². The van der Waals surface area contributed by atoms with Gasteiger partial charge in [0, 0.05) is 6.04 Å². The topological polar surface area (TPSA) is 32.3 Å².